The maximum absolute atomic E-state index is 13.4. The number of H-pyrrole nitrogens is 2. The zero-order valence-electron chi connectivity index (χ0n) is 20.5. The number of aryl methyl sites for hydroxylation is 1. The molecule has 206 valence electrons. The van der Waals surface area contributed by atoms with Gasteiger partial charge in [-0.1, -0.05) is 31.2 Å². The summed E-state index contributed by atoms with van der Waals surface area (Å²) in [6.45, 7) is 4.15. The van der Waals surface area contributed by atoms with Crippen molar-refractivity contribution >= 4 is 0 Å². The van der Waals surface area contributed by atoms with Gasteiger partial charge in [-0.2, -0.15) is 31.4 Å². The number of halogens is 6. The van der Waals surface area contributed by atoms with Crippen LogP contribution in [0.4, 0.5) is 26.3 Å². The first-order valence-electron chi connectivity index (χ1n) is 11.9. The van der Waals surface area contributed by atoms with Crippen molar-refractivity contribution in [2.24, 2.45) is 0 Å². The molecule has 2 aromatic carbocycles. The van der Waals surface area contributed by atoms with Crippen molar-refractivity contribution in [3.05, 3.63) is 86.6 Å². The molecule has 0 unspecified atom stereocenters. The van der Waals surface area contributed by atoms with Crippen molar-refractivity contribution in [2.75, 3.05) is 13.2 Å². The second-order valence-electron chi connectivity index (χ2n) is 8.99. The Morgan fingerprint density at radius 3 is 2.24 bits per heavy atom. The number of aromatic nitrogens is 3. The summed E-state index contributed by atoms with van der Waals surface area (Å²) in [5.41, 5.74) is -1.77. The van der Waals surface area contributed by atoms with Crippen molar-refractivity contribution < 1.29 is 35.8 Å². The van der Waals surface area contributed by atoms with Gasteiger partial charge in [0, 0.05) is 6.54 Å². The number of nitrogens with zero attached hydrogens (tertiary/aromatic N) is 2. The number of ether oxygens (including phenoxy) is 2. The summed E-state index contributed by atoms with van der Waals surface area (Å²) >= 11 is 0. The lowest BCUT2D eigenvalue weighted by Crippen LogP contribution is -2.46. The zero-order chi connectivity index (χ0) is 27.7. The molecule has 1 saturated heterocycles. The van der Waals surface area contributed by atoms with Gasteiger partial charge in [0.2, 0.25) is 0 Å². The van der Waals surface area contributed by atoms with Gasteiger partial charge in [0.15, 0.2) is 6.29 Å². The standard InChI is InChI=1S/C25H26F6N4O3/c1-3-15-4-6-16(7-5-15)21-22(37-9-8-35(21)13-20-32-23(36)34-33-20)38-14(2)17-10-18(24(26,27)28)12-19(11-17)25(29,30)31/h4-7,10-12,14,21-22H,3,8-9,13H2,1-2H3,(H2,32,33,34,36)/t14-,21+,22-/m1/s1. The van der Waals surface area contributed by atoms with Gasteiger partial charge in [-0.15, -0.1) is 0 Å². The minimum Gasteiger partial charge on any atom is -0.349 e. The average molecular weight is 544 g/mol. The van der Waals surface area contributed by atoms with Crippen molar-refractivity contribution in [1.82, 2.24) is 20.1 Å². The van der Waals surface area contributed by atoms with Crippen LogP contribution in [0.3, 0.4) is 0 Å². The Bertz CT molecular complexity index is 1250. The van der Waals surface area contributed by atoms with E-state index in [2.05, 4.69) is 15.2 Å². The number of alkyl halides is 6. The van der Waals surface area contributed by atoms with E-state index < -0.39 is 47.6 Å². The molecule has 7 nitrogen and oxygen atoms in total. The van der Waals surface area contributed by atoms with Crippen LogP contribution in [0.2, 0.25) is 0 Å². The van der Waals surface area contributed by atoms with Crippen LogP contribution in [0, 0.1) is 0 Å². The fourth-order valence-corrected chi connectivity index (χ4v) is 4.36. The van der Waals surface area contributed by atoms with Crippen molar-refractivity contribution in [1.29, 1.82) is 0 Å². The molecule has 0 saturated carbocycles. The first kappa shape index (κ1) is 27.9. The van der Waals surface area contributed by atoms with Gasteiger partial charge in [-0.3, -0.25) is 9.88 Å². The summed E-state index contributed by atoms with van der Waals surface area (Å²) in [6.07, 6.45) is -11.4. The van der Waals surface area contributed by atoms with Crippen LogP contribution in [0.25, 0.3) is 0 Å². The smallest absolute Gasteiger partial charge is 0.349 e. The molecule has 2 heterocycles. The average Bonchev–Trinajstić information content (AvgIpc) is 3.27. The third kappa shape index (κ3) is 6.45. The highest BCUT2D eigenvalue weighted by atomic mass is 19.4. The second kappa shape index (κ2) is 10.9. The van der Waals surface area contributed by atoms with Crippen LogP contribution in [0.15, 0.2) is 47.3 Å². The number of aromatic amines is 2. The van der Waals surface area contributed by atoms with Gasteiger partial charge in [-0.25, -0.2) is 9.89 Å². The summed E-state index contributed by atoms with van der Waals surface area (Å²) in [4.78, 5) is 16.0. The van der Waals surface area contributed by atoms with Crippen LogP contribution in [-0.2, 0) is 34.8 Å². The lowest BCUT2D eigenvalue weighted by Gasteiger charge is -2.41. The van der Waals surface area contributed by atoms with Crippen molar-refractivity contribution in [3.8, 4) is 0 Å². The molecule has 3 atom stereocenters. The molecule has 4 rings (SSSR count). The van der Waals surface area contributed by atoms with E-state index in [0.29, 0.717) is 24.5 Å². The van der Waals surface area contributed by atoms with E-state index in [1.54, 1.807) is 0 Å². The Balaban J connectivity index is 1.67. The molecule has 1 aliphatic rings. The van der Waals surface area contributed by atoms with E-state index in [-0.39, 0.29) is 24.8 Å². The summed E-state index contributed by atoms with van der Waals surface area (Å²) in [7, 11) is 0. The summed E-state index contributed by atoms with van der Waals surface area (Å²) in [5, 5.41) is 6.23. The van der Waals surface area contributed by atoms with E-state index in [9.17, 15) is 31.1 Å². The monoisotopic (exact) mass is 544 g/mol. The van der Waals surface area contributed by atoms with E-state index in [4.69, 9.17) is 9.47 Å². The maximum atomic E-state index is 13.4. The van der Waals surface area contributed by atoms with Crippen molar-refractivity contribution in [2.45, 2.75) is 57.6 Å². The van der Waals surface area contributed by atoms with Crippen LogP contribution in [0.1, 0.15) is 59.6 Å². The highest BCUT2D eigenvalue weighted by Gasteiger charge is 2.39. The van der Waals surface area contributed by atoms with Crippen LogP contribution >= 0.6 is 0 Å². The number of rotatable bonds is 7. The normalized spacial score (nSPS) is 20.0. The summed E-state index contributed by atoms with van der Waals surface area (Å²) in [6, 6.07) is 8.36. The van der Waals surface area contributed by atoms with E-state index >= 15 is 0 Å². The van der Waals surface area contributed by atoms with Gasteiger partial charge in [0.25, 0.3) is 0 Å². The van der Waals surface area contributed by atoms with Crippen LogP contribution in [-0.4, -0.2) is 39.5 Å². The highest BCUT2D eigenvalue weighted by Crippen LogP contribution is 2.39. The van der Waals surface area contributed by atoms with Crippen LogP contribution in [0.5, 0.6) is 0 Å². The molecular formula is C25H26F6N4O3. The van der Waals surface area contributed by atoms with Gasteiger partial charge in [0.05, 0.1) is 36.4 Å². The molecule has 2 N–H and O–H groups in total. The molecule has 3 aromatic rings. The number of benzene rings is 2. The van der Waals surface area contributed by atoms with Gasteiger partial charge >= 0.3 is 18.0 Å². The zero-order valence-corrected chi connectivity index (χ0v) is 20.5. The third-order valence-electron chi connectivity index (χ3n) is 6.36. The third-order valence-corrected chi connectivity index (χ3v) is 6.36. The number of hydrogen-bond donors (Lipinski definition) is 2. The SMILES string of the molecule is CCc1ccc([C@H]2[C@@H](O[C@H](C)c3cc(C(F)(F)F)cc(C(F)(F)F)c3)OCCN2Cc2n[nH]c(=O)[nH]2)cc1. The predicted molar refractivity (Wildman–Crippen MR) is 124 cm³/mol. The predicted octanol–water partition coefficient (Wildman–Crippen LogP) is 5.38. The molecule has 0 aliphatic carbocycles. The fraction of sp³-hybridized carbons (Fsp3) is 0.440. The Labute approximate surface area is 213 Å². The molecular weight excluding hydrogens is 518 g/mol. The van der Waals surface area contributed by atoms with Crippen molar-refractivity contribution in [3.63, 3.8) is 0 Å². The molecule has 1 aliphatic heterocycles. The Hall–Kier alpha value is -3.16. The second-order valence-corrected chi connectivity index (χ2v) is 8.99. The highest BCUT2D eigenvalue weighted by molar-refractivity contribution is 5.35. The summed E-state index contributed by atoms with van der Waals surface area (Å²) in [5.74, 6) is 0.353. The molecule has 0 spiro atoms. The quantitative estimate of drug-likeness (QED) is 0.391. The summed E-state index contributed by atoms with van der Waals surface area (Å²) < 4.78 is 92.2. The molecule has 0 amide bonds. The number of nitrogens with one attached hydrogen (secondary N) is 2. The lowest BCUT2D eigenvalue weighted by molar-refractivity contribution is -0.231. The van der Waals surface area contributed by atoms with Gasteiger partial charge < -0.3 is 9.47 Å². The van der Waals surface area contributed by atoms with Gasteiger partial charge in [-0.05, 0) is 48.2 Å². The number of morpholine rings is 1. The largest absolute Gasteiger partial charge is 0.416 e. The molecule has 1 fully saturated rings. The minimum atomic E-state index is -4.97. The molecule has 13 heteroatoms. The van der Waals surface area contributed by atoms with Crippen LogP contribution < -0.4 is 5.69 Å². The topological polar surface area (TPSA) is 83.2 Å². The molecule has 38 heavy (non-hydrogen) atoms. The molecule has 0 bridgehead atoms. The molecule has 1 aromatic heterocycles. The Morgan fingerprint density at radius 1 is 1.08 bits per heavy atom. The first-order chi connectivity index (χ1) is 17.8. The minimum absolute atomic E-state index is 0.0812. The fourth-order valence-electron chi connectivity index (χ4n) is 4.36. The number of hydrogen-bond acceptors (Lipinski definition) is 5. The molecule has 0 radical (unpaired) electrons. The van der Waals surface area contributed by atoms with E-state index in [1.807, 2.05) is 36.1 Å². The maximum Gasteiger partial charge on any atom is 0.416 e. The lowest BCUT2D eigenvalue weighted by atomic mass is 9.99. The van der Waals surface area contributed by atoms with E-state index in [1.165, 1.54) is 6.92 Å². The first-order valence-corrected chi connectivity index (χ1v) is 11.9. The Kier molecular flexibility index (Phi) is 8.00. The van der Waals surface area contributed by atoms with E-state index in [0.717, 1.165) is 17.5 Å². The van der Waals surface area contributed by atoms with Gasteiger partial charge in [0.1, 0.15) is 5.82 Å². The Morgan fingerprint density at radius 2 is 1.71 bits per heavy atom.